The quantitative estimate of drug-likeness (QED) is 0.684. The molecule has 0 unspecified atom stereocenters. The molecule has 26 heavy (non-hydrogen) atoms. The third-order valence-electron chi connectivity index (χ3n) is 4.14. The maximum Gasteiger partial charge on any atom is 0.416 e. The molecule has 1 N–H and O–H groups in total. The van der Waals surface area contributed by atoms with Gasteiger partial charge in [0.2, 0.25) is 5.95 Å². The predicted molar refractivity (Wildman–Crippen MR) is 92.7 cm³/mol. The van der Waals surface area contributed by atoms with Crippen LogP contribution in [0.15, 0.2) is 60.9 Å². The second-order valence-corrected chi connectivity index (χ2v) is 6.24. The molecule has 1 aromatic heterocycles. The summed E-state index contributed by atoms with van der Waals surface area (Å²) in [5.41, 5.74) is 1.67. The highest BCUT2D eigenvalue weighted by Crippen LogP contribution is 2.34. The standard InChI is InChI=1S/C18H12ClF3N4/c19-14-7-3-11(4-8-14)15-9-16(26-17(25-15)23-10-24-26)12-1-5-13(6-2-12)18(20,21)22/h1-10,16H,(H,23,24,25)/t16-/m0/s1. The molecule has 2 aromatic carbocycles. The van der Waals surface area contributed by atoms with Gasteiger partial charge in [0.1, 0.15) is 12.4 Å². The SMILES string of the molecule is FC(F)(F)c1ccc([C@@H]2C=C(c3ccc(Cl)cc3)Nc3ncnn32)cc1. The average molecular weight is 377 g/mol. The number of aromatic nitrogens is 3. The minimum atomic E-state index is -4.37. The van der Waals surface area contributed by atoms with Crippen molar-refractivity contribution in [3.05, 3.63) is 82.6 Å². The molecule has 0 amide bonds. The second-order valence-electron chi connectivity index (χ2n) is 5.81. The summed E-state index contributed by atoms with van der Waals surface area (Å²) in [7, 11) is 0. The van der Waals surface area contributed by atoms with Crippen molar-refractivity contribution in [2.75, 3.05) is 5.32 Å². The molecule has 132 valence electrons. The number of hydrogen-bond acceptors (Lipinski definition) is 3. The Hall–Kier alpha value is -2.80. The van der Waals surface area contributed by atoms with E-state index in [4.69, 9.17) is 11.6 Å². The van der Waals surface area contributed by atoms with Crippen molar-refractivity contribution in [1.82, 2.24) is 14.8 Å². The van der Waals surface area contributed by atoms with Crippen LogP contribution in [0, 0.1) is 0 Å². The van der Waals surface area contributed by atoms with Gasteiger partial charge in [0, 0.05) is 10.7 Å². The molecule has 0 aliphatic carbocycles. The van der Waals surface area contributed by atoms with Gasteiger partial charge in [-0.15, -0.1) is 0 Å². The molecule has 0 fully saturated rings. The molecule has 0 spiro atoms. The zero-order valence-corrected chi connectivity index (χ0v) is 14.0. The Bertz CT molecular complexity index is 959. The number of hydrogen-bond donors (Lipinski definition) is 1. The van der Waals surface area contributed by atoms with E-state index in [1.165, 1.54) is 18.5 Å². The van der Waals surface area contributed by atoms with Gasteiger partial charge in [0.05, 0.1) is 5.56 Å². The van der Waals surface area contributed by atoms with Crippen LogP contribution in [0.2, 0.25) is 5.02 Å². The van der Waals surface area contributed by atoms with Gasteiger partial charge < -0.3 is 5.32 Å². The lowest BCUT2D eigenvalue weighted by Crippen LogP contribution is -2.20. The Morgan fingerprint density at radius 1 is 1.00 bits per heavy atom. The Morgan fingerprint density at radius 3 is 2.35 bits per heavy atom. The first kappa shape index (κ1) is 16.7. The van der Waals surface area contributed by atoms with Crippen LogP contribution in [0.4, 0.5) is 19.1 Å². The number of rotatable bonds is 2. The van der Waals surface area contributed by atoms with Gasteiger partial charge in [-0.3, -0.25) is 0 Å². The summed E-state index contributed by atoms with van der Waals surface area (Å²) >= 11 is 5.93. The Morgan fingerprint density at radius 2 is 1.69 bits per heavy atom. The number of nitrogens with one attached hydrogen (secondary N) is 1. The lowest BCUT2D eigenvalue weighted by Gasteiger charge is -2.24. The van der Waals surface area contributed by atoms with Crippen LogP contribution in [-0.4, -0.2) is 14.8 Å². The van der Waals surface area contributed by atoms with Gasteiger partial charge >= 0.3 is 6.18 Å². The van der Waals surface area contributed by atoms with Crippen LogP contribution in [0.5, 0.6) is 0 Å². The highest BCUT2D eigenvalue weighted by molar-refractivity contribution is 6.30. The van der Waals surface area contributed by atoms with Crippen LogP contribution in [0.1, 0.15) is 22.7 Å². The van der Waals surface area contributed by atoms with E-state index >= 15 is 0 Å². The van der Waals surface area contributed by atoms with Crippen LogP contribution < -0.4 is 5.32 Å². The van der Waals surface area contributed by atoms with Gasteiger partial charge in [0.15, 0.2) is 0 Å². The van der Waals surface area contributed by atoms with Crippen molar-refractivity contribution in [2.24, 2.45) is 0 Å². The molecule has 3 aromatic rings. The van der Waals surface area contributed by atoms with E-state index in [0.717, 1.165) is 23.4 Å². The zero-order valence-electron chi connectivity index (χ0n) is 13.2. The van der Waals surface area contributed by atoms with Crippen LogP contribution in [-0.2, 0) is 6.18 Å². The first-order chi connectivity index (χ1) is 12.4. The van der Waals surface area contributed by atoms with Crippen molar-refractivity contribution in [1.29, 1.82) is 0 Å². The number of nitrogens with zero attached hydrogens (tertiary/aromatic N) is 3. The summed E-state index contributed by atoms with van der Waals surface area (Å²) in [5, 5.41) is 7.98. The number of alkyl halides is 3. The summed E-state index contributed by atoms with van der Waals surface area (Å²) in [4.78, 5) is 4.18. The van der Waals surface area contributed by atoms with E-state index in [0.29, 0.717) is 16.5 Å². The van der Waals surface area contributed by atoms with Gasteiger partial charge in [-0.05, 0) is 41.5 Å². The first-order valence-electron chi connectivity index (χ1n) is 7.73. The number of fused-ring (bicyclic) bond motifs is 1. The summed E-state index contributed by atoms with van der Waals surface area (Å²) in [5.74, 6) is 0.516. The van der Waals surface area contributed by atoms with Crippen molar-refractivity contribution >= 4 is 23.2 Å². The molecule has 0 saturated carbocycles. The van der Waals surface area contributed by atoms with Crippen molar-refractivity contribution in [3.63, 3.8) is 0 Å². The highest BCUT2D eigenvalue weighted by Gasteiger charge is 2.31. The molecule has 1 atom stereocenters. The molecule has 0 bridgehead atoms. The zero-order chi connectivity index (χ0) is 18.3. The topological polar surface area (TPSA) is 42.7 Å². The summed E-state index contributed by atoms with van der Waals surface area (Å²) < 4.78 is 40.0. The van der Waals surface area contributed by atoms with Crippen molar-refractivity contribution in [3.8, 4) is 0 Å². The maximum absolute atomic E-state index is 12.8. The number of benzene rings is 2. The van der Waals surface area contributed by atoms with Gasteiger partial charge in [-0.1, -0.05) is 35.9 Å². The van der Waals surface area contributed by atoms with E-state index in [1.807, 2.05) is 18.2 Å². The maximum atomic E-state index is 12.8. The largest absolute Gasteiger partial charge is 0.416 e. The average Bonchev–Trinajstić information content (AvgIpc) is 3.09. The molecule has 1 aliphatic rings. The van der Waals surface area contributed by atoms with Gasteiger partial charge in [-0.25, -0.2) is 4.68 Å². The Labute approximate surface area is 151 Å². The lowest BCUT2D eigenvalue weighted by molar-refractivity contribution is -0.137. The molecule has 4 rings (SSSR count). The summed E-state index contributed by atoms with van der Waals surface area (Å²) in [6, 6.07) is 11.9. The van der Waals surface area contributed by atoms with E-state index in [1.54, 1.807) is 16.8 Å². The van der Waals surface area contributed by atoms with Crippen LogP contribution in [0.3, 0.4) is 0 Å². The monoisotopic (exact) mass is 376 g/mol. The number of halogens is 4. The Kier molecular flexibility index (Phi) is 3.96. The van der Waals surface area contributed by atoms with E-state index < -0.39 is 11.7 Å². The normalized spacial score (nSPS) is 16.6. The number of allylic oxidation sites excluding steroid dienone is 1. The predicted octanol–water partition coefficient (Wildman–Crippen LogP) is 5.01. The third-order valence-corrected chi connectivity index (χ3v) is 4.39. The van der Waals surface area contributed by atoms with Crippen molar-refractivity contribution < 1.29 is 13.2 Å². The molecule has 1 aliphatic heterocycles. The Balaban J connectivity index is 1.75. The molecular formula is C18H12ClF3N4. The van der Waals surface area contributed by atoms with Crippen molar-refractivity contribution in [2.45, 2.75) is 12.2 Å². The van der Waals surface area contributed by atoms with Crippen LogP contribution in [0.25, 0.3) is 5.70 Å². The van der Waals surface area contributed by atoms with Gasteiger partial charge in [0.25, 0.3) is 0 Å². The van der Waals surface area contributed by atoms with Gasteiger partial charge in [-0.2, -0.15) is 23.3 Å². The molecule has 0 radical (unpaired) electrons. The third kappa shape index (κ3) is 3.06. The molecule has 4 nitrogen and oxygen atoms in total. The smallest absolute Gasteiger partial charge is 0.324 e. The minimum absolute atomic E-state index is 0.373. The van der Waals surface area contributed by atoms with Crippen LogP contribution >= 0.6 is 11.6 Å². The number of anilines is 1. The van der Waals surface area contributed by atoms with E-state index in [2.05, 4.69) is 15.4 Å². The molecule has 8 heteroatoms. The van der Waals surface area contributed by atoms with E-state index in [-0.39, 0.29) is 6.04 Å². The summed E-state index contributed by atoms with van der Waals surface area (Å²) in [6.07, 6.45) is -1.07. The fraction of sp³-hybridized carbons (Fsp3) is 0.111. The fourth-order valence-corrected chi connectivity index (χ4v) is 2.96. The molecule has 0 saturated heterocycles. The second kappa shape index (κ2) is 6.17. The van der Waals surface area contributed by atoms with E-state index in [9.17, 15) is 13.2 Å². The molecular weight excluding hydrogens is 365 g/mol. The molecule has 2 heterocycles. The highest BCUT2D eigenvalue weighted by atomic mass is 35.5. The lowest BCUT2D eigenvalue weighted by atomic mass is 10.0. The summed E-state index contributed by atoms with van der Waals surface area (Å²) in [6.45, 7) is 0. The first-order valence-corrected chi connectivity index (χ1v) is 8.11. The fourth-order valence-electron chi connectivity index (χ4n) is 2.84. The minimum Gasteiger partial charge on any atom is -0.324 e.